The Balaban J connectivity index is 2.32. The summed E-state index contributed by atoms with van der Waals surface area (Å²) in [7, 11) is 0. The molecule has 1 nitrogen and oxygen atoms in total. The number of thiophene rings is 1. The van der Waals surface area contributed by atoms with Crippen LogP contribution < -0.4 is 5.32 Å². The van der Waals surface area contributed by atoms with Gasteiger partial charge >= 0.3 is 0 Å². The SMILES string of the molecule is CC(C)C(CI)NCc1ccsc1. The van der Waals surface area contributed by atoms with Gasteiger partial charge in [-0.2, -0.15) is 11.3 Å². The van der Waals surface area contributed by atoms with E-state index in [4.69, 9.17) is 0 Å². The molecule has 0 aliphatic carbocycles. The highest BCUT2D eigenvalue weighted by Crippen LogP contribution is 2.09. The monoisotopic (exact) mass is 309 g/mol. The van der Waals surface area contributed by atoms with Crippen LogP contribution in [0.25, 0.3) is 0 Å². The second-order valence-corrected chi connectivity index (χ2v) is 5.18. The minimum atomic E-state index is 0.639. The van der Waals surface area contributed by atoms with Crippen LogP contribution in [-0.2, 0) is 6.54 Å². The van der Waals surface area contributed by atoms with Crippen molar-refractivity contribution in [3.8, 4) is 0 Å². The van der Waals surface area contributed by atoms with E-state index in [0.29, 0.717) is 6.04 Å². The van der Waals surface area contributed by atoms with Gasteiger partial charge in [0.15, 0.2) is 0 Å². The fraction of sp³-hybridized carbons (Fsp3) is 0.600. The van der Waals surface area contributed by atoms with E-state index in [0.717, 1.165) is 12.5 Å². The minimum absolute atomic E-state index is 0.639. The first-order valence-electron chi connectivity index (χ1n) is 4.54. The fourth-order valence-electron chi connectivity index (χ4n) is 1.11. The predicted molar refractivity (Wildman–Crippen MR) is 68.7 cm³/mol. The molecule has 0 radical (unpaired) electrons. The van der Waals surface area contributed by atoms with E-state index in [-0.39, 0.29) is 0 Å². The fourth-order valence-corrected chi connectivity index (χ4v) is 3.11. The maximum absolute atomic E-state index is 3.57. The van der Waals surface area contributed by atoms with E-state index >= 15 is 0 Å². The average molecular weight is 309 g/mol. The van der Waals surface area contributed by atoms with Gasteiger partial charge in [0.1, 0.15) is 0 Å². The molecule has 0 aromatic carbocycles. The van der Waals surface area contributed by atoms with E-state index in [1.54, 1.807) is 11.3 Å². The molecule has 0 amide bonds. The first kappa shape index (κ1) is 11.5. The first-order valence-corrected chi connectivity index (χ1v) is 7.01. The number of alkyl halides is 1. The Morgan fingerprint density at radius 2 is 2.31 bits per heavy atom. The molecule has 1 heterocycles. The van der Waals surface area contributed by atoms with E-state index in [9.17, 15) is 0 Å². The highest BCUT2D eigenvalue weighted by Gasteiger charge is 2.10. The van der Waals surface area contributed by atoms with Gasteiger partial charge in [0.05, 0.1) is 0 Å². The number of nitrogens with one attached hydrogen (secondary N) is 1. The third-order valence-electron chi connectivity index (χ3n) is 2.12. The van der Waals surface area contributed by atoms with Crippen molar-refractivity contribution in [2.24, 2.45) is 5.92 Å². The zero-order chi connectivity index (χ0) is 9.68. The lowest BCUT2D eigenvalue weighted by Crippen LogP contribution is -2.34. The van der Waals surface area contributed by atoms with Crippen LogP contribution in [-0.4, -0.2) is 10.5 Å². The molecule has 1 atom stereocenters. The van der Waals surface area contributed by atoms with Crippen molar-refractivity contribution < 1.29 is 0 Å². The molecule has 0 saturated heterocycles. The normalized spacial score (nSPS) is 13.5. The largest absolute Gasteiger partial charge is 0.309 e. The van der Waals surface area contributed by atoms with Crippen molar-refractivity contribution in [1.29, 1.82) is 0 Å². The van der Waals surface area contributed by atoms with Gasteiger partial charge in [0.25, 0.3) is 0 Å². The van der Waals surface area contributed by atoms with Gasteiger partial charge in [-0.3, -0.25) is 0 Å². The van der Waals surface area contributed by atoms with Crippen molar-refractivity contribution in [3.63, 3.8) is 0 Å². The molecule has 1 unspecified atom stereocenters. The van der Waals surface area contributed by atoms with Gasteiger partial charge in [0, 0.05) is 17.0 Å². The lowest BCUT2D eigenvalue weighted by atomic mass is 10.1. The van der Waals surface area contributed by atoms with Crippen LogP contribution in [0.5, 0.6) is 0 Å². The molecule has 0 bridgehead atoms. The van der Waals surface area contributed by atoms with Gasteiger partial charge < -0.3 is 5.32 Å². The maximum atomic E-state index is 3.57. The van der Waals surface area contributed by atoms with Gasteiger partial charge in [0.2, 0.25) is 0 Å². The van der Waals surface area contributed by atoms with Crippen molar-refractivity contribution in [1.82, 2.24) is 5.32 Å². The molecule has 74 valence electrons. The van der Waals surface area contributed by atoms with Gasteiger partial charge in [-0.25, -0.2) is 0 Å². The maximum Gasteiger partial charge on any atom is 0.0216 e. The van der Waals surface area contributed by atoms with Crippen LogP contribution in [0, 0.1) is 5.92 Å². The van der Waals surface area contributed by atoms with Crippen LogP contribution >= 0.6 is 33.9 Å². The standard InChI is InChI=1S/C10H16INS/c1-8(2)10(5-11)12-6-9-3-4-13-7-9/h3-4,7-8,10,12H,5-6H2,1-2H3. The van der Waals surface area contributed by atoms with Gasteiger partial charge in [-0.1, -0.05) is 36.4 Å². The van der Waals surface area contributed by atoms with Gasteiger partial charge in [-0.15, -0.1) is 0 Å². The van der Waals surface area contributed by atoms with E-state index in [2.05, 4.69) is 58.6 Å². The lowest BCUT2D eigenvalue weighted by molar-refractivity contribution is 0.437. The highest BCUT2D eigenvalue weighted by molar-refractivity contribution is 14.1. The van der Waals surface area contributed by atoms with Crippen LogP contribution in [0.2, 0.25) is 0 Å². The topological polar surface area (TPSA) is 12.0 Å². The van der Waals surface area contributed by atoms with Crippen LogP contribution in [0.15, 0.2) is 16.8 Å². The molecule has 13 heavy (non-hydrogen) atoms. The summed E-state index contributed by atoms with van der Waals surface area (Å²) in [6.07, 6.45) is 0. The molecule has 1 N–H and O–H groups in total. The second-order valence-electron chi connectivity index (χ2n) is 3.52. The molecule has 0 saturated carbocycles. The lowest BCUT2D eigenvalue weighted by Gasteiger charge is -2.19. The molecule has 1 aromatic rings. The Kier molecular flexibility index (Phi) is 5.28. The molecule has 1 aromatic heterocycles. The van der Waals surface area contributed by atoms with Crippen molar-refractivity contribution in [2.75, 3.05) is 4.43 Å². The molecule has 1 rings (SSSR count). The molecule has 3 heteroatoms. The molecular formula is C10H16INS. The third kappa shape index (κ3) is 3.95. The summed E-state index contributed by atoms with van der Waals surface area (Å²) >= 11 is 4.21. The Morgan fingerprint density at radius 3 is 2.77 bits per heavy atom. The Labute approximate surface area is 98.1 Å². The van der Waals surface area contributed by atoms with Crippen molar-refractivity contribution in [2.45, 2.75) is 26.4 Å². The molecule has 0 spiro atoms. The molecule has 0 aliphatic heterocycles. The number of halogens is 1. The Bertz CT molecular complexity index is 221. The Morgan fingerprint density at radius 1 is 1.54 bits per heavy atom. The van der Waals surface area contributed by atoms with Crippen LogP contribution in [0.3, 0.4) is 0 Å². The summed E-state index contributed by atoms with van der Waals surface area (Å²) < 4.78 is 1.18. The summed E-state index contributed by atoms with van der Waals surface area (Å²) in [5, 5.41) is 7.91. The Hall–Kier alpha value is 0.390. The molecular weight excluding hydrogens is 293 g/mol. The number of hydrogen-bond donors (Lipinski definition) is 1. The summed E-state index contributed by atoms with van der Waals surface area (Å²) in [6.45, 7) is 5.54. The first-order chi connectivity index (χ1) is 6.24. The van der Waals surface area contributed by atoms with E-state index in [1.807, 2.05) is 0 Å². The van der Waals surface area contributed by atoms with Crippen LogP contribution in [0.1, 0.15) is 19.4 Å². The zero-order valence-electron chi connectivity index (χ0n) is 8.09. The van der Waals surface area contributed by atoms with E-state index < -0.39 is 0 Å². The summed E-state index contributed by atoms with van der Waals surface area (Å²) in [5.74, 6) is 0.718. The zero-order valence-corrected chi connectivity index (χ0v) is 11.1. The van der Waals surface area contributed by atoms with E-state index in [1.165, 1.54) is 9.99 Å². The predicted octanol–water partition coefficient (Wildman–Crippen LogP) is 3.30. The number of hydrogen-bond acceptors (Lipinski definition) is 2. The summed E-state index contributed by atoms with van der Waals surface area (Å²) in [5.41, 5.74) is 1.40. The third-order valence-corrected chi connectivity index (χ3v) is 3.80. The second kappa shape index (κ2) is 5.98. The average Bonchev–Trinajstić information content (AvgIpc) is 2.57. The van der Waals surface area contributed by atoms with Gasteiger partial charge in [-0.05, 0) is 28.3 Å². The van der Waals surface area contributed by atoms with Crippen molar-refractivity contribution >= 4 is 33.9 Å². The number of rotatable bonds is 5. The van der Waals surface area contributed by atoms with Crippen LogP contribution in [0.4, 0.5) is 0 Å². The quantitative estimate of drug-likeness (QED) is 0.650. The smallest absolute Gasteiger partial charge is 0.0216 e. The van der Waals surface area contributed by atoms with Crippen molar-refractivity contribution in [3.05, 3.63) is 22.4 Å². The summed E-state index contributed by atoms with van der Waals surface area (Å²) in [6, 6.07) is 2.82. The molecule has 0 aliphatic rings. The minimum Gasteiger partial charge on any atom is -0.309 e. The highest BCUT2D eigenvalue weighted by atomic mass is 127. The molecule has 0 fully saturated rings. The summed E-state index contributed by atoms with van der Waals surface area (Å²) in [4.78, 5) is 0.